The van der Waals surface area contributed by atoms with E-state index in [1.807, 2.05) is 30.3 Å². The molecule has 0 amide bonds. The van der Waals surface area contributed by atoms with Gasteiger partial charge >= 0.3 is 5.69 Å². The average molecular weight is 351 g/mol. The number of rotatable bonds is 4. The number of aryl methyl sites for hydroxylation is 1. The van der Waals surface area contributed by atoms with Gasteiger partial charge in [-0.3, -0.25) is 14.8 Å². The normalized spacial score (nSPS) is 19.3. The predicted octanol–water partition coefficient (Wildman–Crippen LogP) is 0.663. The number of hydrogen-bond acceptors (Lipinski definition) is 6. The van der Waals surface area contributed by atoms with Crippen LogP contribution in [0.3, 0.4) is 0 Å². The van der Waals surface area contributed by atoms with Crippen LogP contribution in [-0.4, -0.2) is 47.1 Å². The van der Waals surface area contributed by atoms with E-state index in [1.54, 1.807) is 0 Å². The maximum Gasteiger partial charge on any atom is 0.327 e. The van der Waals surface area contributed by atoms with Crippen LogP contribution in [0, 0.1) is 10.1 Å². The predicted molar refractivity (Wildman–Crippen MR) is 85.8 cm³/mol. The zero-order chi connectivity index (χ0) is 17.3. The Morgan fingerprint density at radius 2 is 2.04 bits per heavy atom. The van der Waals surface area contributed by atoms with Gasteiger partial charge in [-0.25, -0.2) is 8.42 Å². The molecule has 1 atom stereocenters. The number of benzene rings is 1. The lowest BCUT2D eigenvalue weighted by molar-refractivity contribution is -0.388. The summed E-state index contributed by atoms with van der Waals surface area (Å²) in [6, 6.07) is 8.75. The summed E-state index contributed by atoms with van der Waals surface area (Å²) >= 11 is 0. The minimum absolute atomic E-state index is 0.218. The number of nitro groups is 1. The van der Waals surface area contributed by atoms with Crippen LogP contribution in [0.15, 0.2) is 41.6 Å². The molecule has 0 bridgehead atoms. The van der Waals surface area contributed by atoms with E-state index in [0.717, 1.165) is 16.4 Å². The fourth-order valence-electron chi connectivity index (χ4n) is 2.81. The molecule has 0 saturated carbocycles. The van der Waals surface area contributed by atoms with Crippen LogP contribution < -0.4 is 5.32 Å². The monoisotopic (exact) mass is 351 g/mol. The van der Waals surface area contributed by atoms with Gasteiger partial charge in [0.05, 0.1) is 11.0 Å². The maximum absolute atomic E-state index is 13.0. The van der Waals surface area contributed by atoms with Gasteiger partial charge in [0, 0.05) is 26.7 Å². The Morgan fingerprint density at radius 1 is 1.33 bits per heavy atom. The number of hydrogen-bond donors (Lipinski definition) is 1. The van der Waals surface area contributed by atoms with Crippen molar-refractivity contribution in [1.82, 2.24) is 19.4 Å². The SMILES string of the molecule is Cn1cc([N+](=O)[O-])c(S(=O)(=O)N2CCNCC2c2ccccc2)n1. The van der Waals surface area contributed by atoms with Gasteiger partial charge in [-0.2, -0.15) is 9.40 Å². The Kier molecular flexibility index (Phi) is 4.35. The van der Waals surface area contributed by atoms with Gasteiger partial charge in [0.2, 0.25) is 0 Å². The van der Waals surface area contributed by atoms with Gasteiger partial charge in [0.25, 0.3) is 15.0 Å². The standard InChI is InChI=1S/C14H17N5O4S/c1-17-10-13(19(20)21)14(16-17)24(22,23)18-8-7-15-9-12(18)11-5-3-2-4-6-11/h2-6,10,12,15H,7-9H2,1H3. The fourth-order valence-corrected chi connectivity index (χ4v) is 4.52. The molecule has 2 heterocycles. The van der Waals surface area contributed by atoms with Crippen LogP contribution >= 0.6 is 0 Å². The third-order valence-electron chi connectivity index (χ3n) is 3.91. The Balaban J connectivity index is 2.06. The first-order chi connectivity index (χ1) is 11.4. The number of aromatic nitrogens is 2. The number of nitrogens with zero attached hydrogens (tertiary/aromatic N) is 4. The molecule has 1 aliphatic rings. The van der Waals surface area contributed by atoms with Crippen LogP contribution in [0.2, 0.25) is 0 Å². The van der Waals surface area contributed by atoms with Crippen molar-refractivity contribution in [1.29, 1.82) is 0 Å². The molecular formula is C14H17N5O4S. The van der Waals surface area contributed by atoms with Gasteiger partial charge in [0.1, 0.15) is 6.20 Å². The number of nitrogens with one attached hydrogen (secondary N) is 1. The van der Waals surface area contributed by atoms with E-state index in [2.05, 4.69) is 10.4 Å². The molecular weight excluding hydrogens is 334 g/mol. The molecule has 2 aromatic rings. The summed E-state index contributed by atoms with van der Waals surface area (Å²) in [5.41, 5.74) is 0.315. The van der Waals surface area contributed by atoms with Crippen molar-refractivity contribution in [3.63, 3.8) is 0 Å². The Morgan fingerprint density at radius 3 is 2.71 bits per heavy atom. The molecule has 0 aliphatic carbocycles. The highest BCUT2D eigenvalue weighted by molar-refractivity contribution is 7.89. The third-order valence-corrected chi connectivity index (χ3v) is 5.74. The first-order valence-corrected chi connectivity index (χ1v) is 8.81. The molecule has 0 spiro atoms. The van der Waals surface area contributed by atoms with Crippen LogP contribution in [0.5, 0.6) is 0 Å². The summed E-state index contributed by atoms with van der Waals surface area (Å²) in [7, 11) is -2.64. The van der Waals surface area contributed by atoms with Crippen molar-refractivity contribution in [3.05, 3.63) is 52.2 Å². The Bertz CT molecular complexity index is 849. The summed E-state index contributed by atoms with van der Waals surface area (Å²) in [6.45, 7) is 1.13. The van der Waals surface area contributed by atoms with Crippen molar-refractivity contribution in [3.8, 4) is 0 Å². The Labute approximate surface area is 139 Å². The molecule has 9 nitrogen and oxygen atoms in total. The molecule has 1 saturated heterocycles. The highest BCUT2D eigenvalue weighted by Crippen LogP contribution is 2.31. The second-order valence-corrected chi connectivity index (χ2v) is 7.30. The molecule has 1 unspecified atom stereocenters. The Hall–Kier alpha value is -2.30. The van der Waals surface area contributed by atoms with Crippen LogP contribution in [0.4, 0.5) is 5.69 Å². The molecule has 128 valence electrons. The van der Waals surface area contributed by atoms with Gasteiger partial charge < -0.3 is 5.32 Å². The smallest absolute Gasteiger partial charge is 0.313 e. The van der Waals surface area contributed by atoms with Crippen molar-refractivity contribution in [2.24, 2.45) is 7.05 Å². The van der Waals surface area contributed by atoms with Gasteiger partial charge in [-0.15, -0.1) is 0 Å². The van der Waals surface area contributed by atoms with Crippen LogP contribution in [-0.2, 0) is 17.1 Å². The van der Waals surface area contributed by atoms with Crippen molar-refractivity contribution < 1.29 is 13.3 Å². The lowest BCUT2D eigenvalue weighted by atomic mass is 10.1. The highest BCUT2D eigenvalue weighted by atomic mass is 32.2. The molecule has 10 heteroatoms. The zero-order valence-corrected chi connectivity index (χ0v) is 13.8. The fraction of sp³-hybridized carbons (Fsp3) is 0.357. The summed E-state index contributed by atoms with van der Waals surface area (Å²) in [5, 5.41) is 17.7. The molecule has 24 heavy (non-hydrogen) atoms. The first-order valence-electron chi connectivity index (χ1n) is 7.37. The van der Waals surface area contributed by atoms with Gasteiger partial charge in [-0.1, -0.05) is 30.3 Å². The van der Waals surface area contributed by atoms with E-state index in [4.69, 9.17) is 0 Å². The molecule has 1 aromatic carbocycles. The lowest BCUT2D eigenvalue weighted by Crippen LogP contribution is -2.48. The zero-order valence-electron chi connectivity index (χ0n) is 13.0. The van der Waals surface area contributed by atoms with Crippen molar-refractivity contribution in [2.75, 3.05) is 19.6 Å². The molecule has 1 aromatic heterocycles. The molecule has 3 rings (SSSR count). The summed E-state index contributed by atoms with van der Waals surface area (Å²) in [6.07, 6.45) is 1.10. The minimum Gasteiger partial charge on any atom is -0.313 e. The van der Waals surface area contributed by atoms with Crippen molar-refractivity contribution >= 4 is 15.7 Å². The molecule has 0 radical (unpaired) electrons. The maximum atomic E-state index is 13.0. The molecule has 1 aliphatic heterocycles. The quantitative estimate of drug-likeness (QED) is 0.640. The first kappa shape index (κ1) is 16.6. The largest absolute Gasteiger partial charge is 0.327 e. The van der Waals surface area contributed by atoms with Crippen LogP contribution in [0.1, 0.15) is 11.6 Å². The van der Waals surface area contributed by atoms with Gasteiger partial charge in [0.15, 0.2) is 0 Å². The van der Waals surface area contributed by atoms with E-state index in [0.29, 0.717) is 13.1 Å². The van der Waals surface area contributed by atoms with Crippen LogP contribution in [0.25, 0.3) is 0 Å². The summed E-state index contributed by atoms with van der Waals surface area (Å²) in [4.78, 5) is 10.5. The van der Waals surface area contributed by atoms with E-state index in [9.17, 15) is 18.5 Å². The number of piperazine rings is 1. The average Bonchev–Trinajstić information content (AvgIpc) is 2.99. The third kappa shape index (κ3) is 2.90. The summed E-state index contributed by atoms with van der Waals surface area (Å²) in [5.74, 6) is 0. The topological polar surface area (TPSA) is 110 Å². The van der Waals surface area contributed by atoms with E-state index in [-0.39, 0.29) is 6.54 Å². The molecule has 1 fully saturated rings. The van der Waals surface area contributed by atoms with E-state index >= 15 is 0 Å². The summed E-state index contributed by atoms with van der Waals surface area (Å²) < 4.78 is 28.5. The van der Waals surface area contributed by atoms with Crippen molar-refractivity contribution in [2.45, 2.75) is 11.1 Å². The minimum atomic E-state index is -4.09. The highest BCUT2D eigenvalue weighted by Gasteiger charge is 2.40. The number of sulfonamides is 1. The second kappa shape index (κ2) is 6.30. The lowest BCUT2D eigenvalue weighted by Gasteiger charge is -2.34. The second-order valence-electron chi connectivity index (χ2n) is 5.50. The van der Waals surface area contributed by atoms with Gasteiger partial charge in [-0.05, 0) is 5.56 Å². The molecule has 1 N–H and O–H groups in total. The van der Waals surface area contributed by atoms with E-state index < -0.39 is 31.7 Å². The van der Waals surface area contributed by atoms with E-state index in [1.165, 1.54) is 11.4 Å².